The molecule has 19 heavy (non-hydrogen) atoms. The molecule has 1 aromatic carbocycles. The molecule has 4 heteroatoms. The fourth-order valence-corrected chi connectivity index (χ4v) is 1.58. The summed E-state index contributed by atoms with van der Waals surface area (Å²) in [5.74, 6) is 0.283. The van der Waals surface area contributed by atoms with E-state index in [1.165, 1.54) is 13.0 Å². The van der Waals surface area contributed by atoms with Crippen molar-refractivity contribution in [3.05, 3.63) is 29.1 Å². The predicted molar refractivity (Wildman–Crippen MR) is 72.3 cm³/mol. The van der Waals surface area contributed by atoms with Gasteiger partial charge < -0.3 is 9.47 Å². The number of ketones is 1. The molecule has 1 aromatic rings. The molecule has 0 aromatic heterocycles. The first-order chi connectivity index (χ1) is 8.91. The molecular weight excluding hydrogens is 247 g/mol. The van der Waals surface area contributed by atoms with E-state index in [1.807, 2.05) is 0 Å². The number of rotatable bonds is 7. The molecule has 0 bridgehead atoms. The van der Waals surface area contributed by atoms with Crippen LogP contribution in [0.5, 0.6) is 5.75 Å². The van der Waals surface area contributed by atoms with Crippen molar-refractivity contribution in [1.82, 2.24) is 0 Å². The summed E-state index contributed by atoms with van der Waals surface area (Å²) >= 11 is 0. The van der Waals surface area contributed by atoms with Gasteiger partial charge in [0.15, 0.2) is 5.78 Å². The topological polar surface area (TPSA) is 35.5 Å². The largest absolute Gasteiger partial charge is 0.490 e. The Bertz CT molecular complexity index is 441. The molecule has 0 radical (unpaired) electrons. The van der Waals surface area contributed by atoms with E-state index in [9.17, 15) is 9.18 Å². The number of aryl methyl sites for hydroxylation is 1. The van der Waals surface area contributed by atoms with E-state index in [1.54, 1.807) is 13.0 Å². The first kappa shape index (κ1) is 15.6. The Labute approximate surface area is 113 Å². The van der Waals surface area contributed by atoms with E-state index < -0.39 is 5.82 Å². The summed E-state index contributed by atoms with van der Waals surface area (Å²) in [6.45, 7) is 8.64. The second kappa shape index (κ2) is 7.24. The lowest BCUT2D eigenvalue weighted by Gasteiger charge is -2.12. The van der Waals surface area contributed by atoms with Crippen LogP contribution < -0.4 is 4.74 Å². The highest BCUT2D eigenvalue weighted by atomic mass is 19.1. The summed E-state index contributed by atoms with van der Waals surface area (Å²) < 4.78 is 24.3. The van der Waals surface area contributed by atoms with Crippen LogP contribution in [-0.4, -0.2) is 25.6 Å². The summed E-state index contributed by atoms with van der Waals surface area (Å²) in [7, 11) is 0. The van der Waals surface area contributed by atoms with Crippen molar-refractivity contribution in [3.8, 4) is 5.75 Å². The maximum Gasteiger partial charge on any atom is 0.163 e. The van der Waals surface area contributed by atoms with Crippen LogP contribution in [0.1, 0.15) is 36.7 Å². The van der Waals surface area contributed by atoms with Crippen LogP contribution in [-0.2, 0) is 4.74 Å². The van der Waals surface area contributed by atoms with Crippen LogP contribution in [0.15, 0.2) is 12.1 Å². The average molecular weight is 268 g/mol. The number of halogens is 1. The summed E-state index contributed by atoms with van der Waals surface area (Å²) in [6.07, 6.45) is 0. The van der Waals surface area contributed by atoms with E-state index in [0.717, 1.165) is 0 Å². The summed E-state index contributed by atoms with van der Waals surface area (Å²) in [5, 5.41) is 0. The lowest BCUT2D eigenvalue weighted by molar-refractivity contribution is 0.0810. The third-order valence-electron chi connectivity index (χ3n) is 2.58. The van der Waals surface area contributed by atoms with Crippen molar-refractivity contribution in [2.45, 2.75) is 27.7 Å². The van der Waals surface area contributed by atoms with Gasteiger partial charge in [0, 0.05) is 6.61 Å². The minimum atomic E-state index is -0.395. The Kier molecular flexibility index (Phi) is 5.96. The minimum absolute atomic E-state index is 0.211. The molecule has 0 aliphatic rings. The quantitative estimate of drug-likeness (QED) is 0.561. The Morgan fingerprint density at radius 1 is 1.32 bits per heavy atom. The molecule has 106 valence electrons. The third kappa shape index (κ3) is 4.99. The van der Waals surface area contributed by atoms with Gasteiger partial charge in [-0.2, -0.15) is 0 Å². The van der Waals surface area contributed by atoms with E-state index in [0.29, 0.717) is 37.1 Å². The summed E-state index contributed by atoms with van der Waals surface area (Å²) in [4.78, 5) is 11.4. The van der Waals surface area contributed by atoms with Gasteiger partial charge in [-0.1, -0.05) is 13.8 Å². The third-order valence-corrected chi connectivity index (χ3v) is 2.58. The number of carbonyl (C=O) groups excluding carboxylic acids is 1. The molecule has 0 atom stereocenters. The smallest absolute Gasteiger partial charge is 0.163 e. The second-order valence-electron chi connectivity index (χ2n) is 4.97. The van der Waals surface area contributed by atoms with E-state index >= 15 is 0 Å². The summed E-state index contributed by atoms with van der Waals surface area (Å²) in [6, 6.07) is 2.77. The first-order valence-corrected chi connectivity index (χ1v) is 6.43. The Balaban J connectivity index is 2.62. The highest BCUT2D eigenvalue weighted by Gasteiger charge is 2.12. The maximum atomic E-state index is 13.4. The van der Waals surface area contributed by atoms with Crippen molar-refractivity contribution in [2.24, 2.45) is 5.92 Å². The normalized spacial score (nSPS) is 10.8. The fraction of sp³-hybridized carbons (Fsp3) is 0.533. The van der Waals surface area contributed by atoms with Gasteiger partial charge in [-0.3, -0.25) is 4.79 Å². The SMILES string of the molecule is CC(=O)c1cc(F)c(C)cc1OCCOCC(C)C. The molecule has 3 nitrogen and oxygen atoms in total. The zero-order valence-corrected chi connectivity index (χ0v) is 12.0. The Morgan fingerprint density at radius 3 is 2.58 bits per heavy atom. The zero-order chi connectivity index (χ0) is 14.4. The molecule has 0 saturated carbocycles. The Hall–Kier alpha value is -1.42. The predicted octanol–water partition coefficient (Wildman–Crippen LogP) is 3.39. The number of hydrogen-bond donors (Lipinski definition) is 0. The van der Waals surface area contributed by atoms with Gasteiger partial charge in [0.2, 0.25) is 0 Å². The van der Waals surface area contributed by atoms with Crippen molar-refractivity contribution < 1.29 is 18.7 Å². The molecule has 0 heterocycles. The van der Waals surface area contributed by atoms with Gasteiger partial charge in [-0.25, -0.2) is 4.39 Å². The monoisotopic (exact) mass is 268 g/mol. The Morgan fingerprint density at radius 2 is 2.00 bits per heavy atom. The van der Waals surface area contributed by atoms with Crippen LogP contribution >= 0.6 is 0 Å². The van der Waals surface area contributed by atoms with Crippen molar-refractivity contribution in [2.75, 3.05) is 19.8 Å². The van der Waals surface area contributed by atoms with Crippen LogP contribution in [0, 0.1) is 18.7 Å². The van der Waals surface area contributed by atoms with Crippen LogP contribution in [0.4, 0.5) is 4.39 Å². The standard InChI is InChI=1S/C15H21FO3/c1-10(2)9-18-5-6-19-15-7-11(3)14(16)8-13(15)12(4)17/h7-8,10H,5-6,9H2,1-4H3. The lowest BCUT2D eigenvalue weighted by Crippen LogP contribution is -2.12. The molecule has 0 fully saturated rings. The van der Waals surface area contributed by atoms with Crippen LogP contribution in [0.3, 0.4) is 0 Å². The van der Waals surface area contributed by atoms with Crippen LogP contribution in [0.25, 0.3) is 0 Å². The van der Waals surface area contributed by atoms with E-state index in [2.05, 4.69) is 13.8 Å². The average Bonchev–Trinajstić information content (AvgIpc) is 2.32. The zero-order valence-electron chi connectivity index (χ0n) is 12.0. The second-order valence-corrected chi connectivity index (χ2v) is 4.97. The van der Waals surface area contributed by atoms with Crippen LogP contribution in [0.2, 0.25) is 0 Å². The van der Waals surface area contributed by atoms with Gasteiger partial charge in [0.25, 0.3) is 0 Å². The highest BCUT2D eigenvalue weighted by Crippen LogP contribution is 2.23. The van der Waals surface area contributed by atoms with Gasteiger partial charge in [0.05, 0.1) is 12.2 Å². The number of ether oxygens (including phenoxy) is 2. The lowest BCUT2D eigenvalue weighted by atomic mass is 10.1. The van der Waals surface area contributed by atoms with Crippen molar-refractivity contribution in [3.63, 3.8) is 0 Å². The minimum Gasteiger partial charge on any atom is -0.490 e. The molecule has 0 spiro atoms. The molecule has 0 saturated heterocycles. The first-order valence-electron chi connectivity index (χ1n) is 6.43. The van der Waals surface area contributed by atoms with Crippen molar-refractivity contribution >= 4 is 5.78 Å². The fourth-order valence-electron chi connectivity index (χ4n) is 1.58. The molecule has 0 aliphatic carbocycles. The van der Waals surface area contributed by atoms with Gasteiger partial charge in [-0.15, -0.1) is 0 Å². The van der Waals surface area contributed by atoms with Gasteiger partial charge >= 0.3 is 0 Å². The van der Waals surface area contributed by atoms with E-state index in [4.69, 9.17) is 9.47 Å². The van der Waals surface area contributed by atoms with Crippen molar-refractivity contribution in [1.29, 1.82) is 0 Å². The van der Waals surface area contributed by atoms with Gasteiger partial charge in [-0.05, 0) is 37.5 Å². The van der Waals surface area contributed by atoms with E-state index in [-0.39, 0.29) is 11.3 Å². The highest BCUT2D eigenvalue weighted by molar-refractivity contribution is 5.96. The molecule has 0 N–H and O–H groups in total. The number of Topliss-reactive ketones (excluding diaryl/α,β-unsaturated/α-hetero) is 1. The number of hydrogen-bond acceptors (Lipinski definition) is 3. The molecule has 1 rings (SSSR count). The number of benzene rings is 1. The molecule has 0 unspecified atom stereocenters. The molecule has 0 amide bonds. The number of carbonyl (C=O) groups is 1. The van der Waals surface area contributed by atoms with Gasteiger partial charge in [0.1, 0.15) is 18.2 Å². The molecule has 0 aliphatic heterocycles. The maximum absolute atomic E-state index is 13.4. The summed E-state index contributed by atoms with van der Waals surface area (Å²) in [5.41, 5.74) is 0.732. The molecular formula is C15H21FO3.